The summed E-state index contributed by atoms with van der Waals surface area (Å²) in [5.74, 6) is 0. The van der Waals surface area contributed by atoms with E-state index in [-0.39, 0.29) is 0 Å². The van der Waals surface area contributed by atoms with E-state index in [0.717, 1.165) is 0 Å². The van der Waals surface area contributed by atoms with Gasteiger partial charge in [0.15, 0.2) is 0 Å². The maximum atomic E-state index is 4.97. The zero-order chi connectivity index (χ0) is 27.7. The Bertz CT molecular complexity index is 1330. The first-order valence-corrected chi connectivity index (χ1v) is 21.1. The zero-order valence-electron chi connectivity index (χ0n) is 23.4. The van der Waals surface area contributed by atoms with Crippen molar-refractivity contribution in [1.82, 2.24) is 0 Å². The fraction of sp³-hybridized carbons (Fsp3) is 0.281. The quantitative estimate of drug-likeness (QED) is 0.128. The van der Waals surface area contributed by atoms with Gasteiger partial charge in [-0.2, -0.15) is 22.3 Å². The molecule has 0 N–H and O–H groups in total. The molecule has 0 spiro atoms. The van der Waals surface area contributed by atoms with E-state index < -0.39 is 22.8 Å². The third-order valence-corrected chi connectivity index (χ3v) is 13.0. The summed E-state index contributed by atoms with van der Waals surface area (Å²) in [4.78, 5) is 0. The molecule has 0 heterocycles. The number of benzene rings is 3. The molecule has 37 heavy (non-hydrogen) atoms. The van der Waals surface area contributed by atoms with E-state index in [9.17, 15) is 0 Å². The summed E-state index contributed by atoms with van der Waals surface area (Å²) in [6, 6.07) is 23.6. The van der Waals surface area contributed by atoms with Crippen LogP contribution in [0.25, 0.3) is 0 Å². The predicted molar refractivity (Wildman–Crippen MR) is 166 cm³/mol. The molecule has 0 aliphatic carbocycles. The number of aryl methyl sites for hydroxylation is 4. The molecule has 4 aromatic carbocycles. The Morgan fingerprint density at radius 2 is 0.946 bits per heavy atom. The summed E-state index contributed by atoms with van der Waals surface area (Å²) >= 11 is -1.92. The van der Waals surface area contributed by atoms with Gasteiger partial charge in [-0.15, -0.1) is 5.19 Å². The van der Waals surface area contributed by atoms with Crippen LogP contribution in [0.15, 0.2) is 60.7 Å². The van der Waals surface area contributed by atoms with Crippen LogP contribution in [0.4, 0.5) is 0 Å². The van der Waals surface area contributed by atoms with Gasteiger partial charge < -0.3 is 0 Å². The second kappa shape index (κ2) is 12.3. The summed E-state index contributed by atoms with van der Waals surface area (Å²) in [6.07, 6.45) is 0. The van der Waals surface area contributed by atoms with Gasteiger partial charge in [0.2, 0.25) is 0 Å². The van der Waals surface area contributed by atoms with E-state index in [2.05, 4.69) is 123 Å². The summed E-state index contributed by atoms with van der Waals surface area (Å²) < 4.78 is 0. The Morgan fingerprint density at radius 1 is 0.541 bits per heavy atom. The topological polar surface area (TPSA) is 0 Å². The van der Waals surface area contributed by atoms with Gasteiger partial charge in [-0.05, 0) is 51.3 Å². The normalized spacial score (nSPS) is 12.5. The number of halogens is 3. The molecule has 0 radical (unpaired) electrons. The van der Waals surface area contributed by atoms with Crippen molar-refractivity contribution in [3.63, 3.8) is 0 Å². The van der Waals surface area contributed by atoms with Crippen molar-refractivity contribution in [3.05, 3.63) is 111 Å². The molecule has 1 unspecified atom stereocenters. The first-order chi connectivity index (χ1) is 17.3. The van der Waals surface area contributed by atoms with Gasteiger partial charge in [0, 0.05) is 0 Å². The molecule has 4 rings (SSSR count). The summed E-state index contributed by atoms with van der Waals surface area (Å²) in [5, 5.41) is 6.03. The fourth-order valence-electron chi connectivity index (χ4n) is 5.85. The van der Waals surface area contributed by atoms with Crippen LogP contribution in [-0.2, 0) is 14.7 Å². The van der Waals surface area contributed by atoms with E-state index in [1.54, 1.807) is 5.19 Å². The van der Waals surface area contributed by atoms with Crippen molar-refractivity contribution in [2.75, 3.05) is 0 Å². The van der Waals surface area contributed by atoms with Crippen LogP contribution in [0.3, 0.4) is 0 Å². The molecule has 0 saturated carbocycles. The Balaban J connectivity index is 0.000000886. The van der Waals surface area contributed by atoms with Crippen molar-refractivity contribution in [2.24, 2.45) is 0 Å². The summed E-state index contributed by atoms with van der Waals surface area (Å²) in [5.41, 5.74) is 12.7. The van der Waals surface area contributed by atoms with Crippen LogP contribution in [0.2, 0.25) is 0 Å². The van der Waals surface area contributed by atoms with E-state index >= 15 is 0 Å². The summed E-state index contributed by atoms with van der Waals surface area (Å²) in [7, 11) is 12.4. The molecule has 4 aromatic rings. The Hall–Kier alpha value is -1.19. The maximum absolute atomic E-state index is 4.97. The molecule has 1 atom stereocenters. The van der Waals surface area contributed by atoms with Crippen molar-refractivity contribution >= 4 is 56.7 Å². The van der Waals surface area contributed by atoms with Gasteiger partial charge in [0.1, 0.15) is 8.07 Å². The molecule has 0 aliphatic rings. The van der Waals surface area contributed by atoms with Gasteiger partial charge in [0.25, 0.3) is 0 Å². The SMILES string of the molecule is Cc1cc(C)cc([Si](c2ccccc2)(c2cc(C)c(C)c(C)c2)[c-]2c(C)c(C)c(C)c2C)c1.[Cl][Ti+]([Cl])[Cl]. The molecule has 0 aromatic heterocycles. The average molecular weight is 604 g/mol. The van der Waals surface area contributed by atoms with E-state index in [0.29, 0.717) is 0 Å². The van der Waals surface area contributed by atoms with Crippen molar-refractivity contribution in [1.29, 1.82) is 0 Å². The fourth-order valence-corrected chi connectivity index (χ4v) is 11.7. The van der Waals surface area contributed by atoms with E-state index in [1.807, 2.05) is 0 Å². The minimum atomic E-state index is -2.55. The molecule has 5 heteroatoms. The number of hydrogen-bond acceptors (Lipinski definition) is 0. The van der Waals surface area contributed by atoms with Crippen LogP contribution in [-0.4, -0.2) is 8.07 Å². The second-order valence-electron chi connectivity index (χ2n) is 10.3. The standard InChI is InChI=1S/C32H37Si.3ClH.Ti/c1-20-15-21(2)17-30(16-20)33(29-13-11-10-12-14-29,31-18-22(3)24(5)23(4)19-31)32-27(8)25(6)26(7)28(32)9;;;;/h10-19H,1-9H3;3*1H;/q-1;;;;+4/p-3. The van der Waals surface area contributed by atoms with Crippen molar-refractivity contribution < 1.29 is 14.7 Å². The van der Waals surface area contributed by atoms with Gasteiger partial charge >= 0.3 is 42.6 Å². The van der Waals surface area contributed by atoms with Crippen LogP contribution >= 0.6 is 27.9 Å². The first kappa shape index (κ1) is 30.4. The van der Waals surface area contributed by atoms with Gasteiger partial charge in [-0.3, -0.25) is 0 Å². The molecule has 194 valence electrons. The van der Waals surface area contributed by atoms with Gasteiger partial charge in [-0.1, -0.05) is 115 Å². The third kappa shape index (κ3) is 6.03. The molecule has 0 aliphatic heterocycles. The zero-order valence-corrected chi connectivity index (χ0v) is 28.2. The summed E-state index contributed by atoms with van der Waals surface area (Å²) in [6.45, 7) is 20.6. The second-order valence-corrected chi connectivity index (χ2v) is 21.8. The average Bonchev–Trinajstić information content (AvgIpc) is 3.01. The van der Waals surface area contributed by atoms with E-state index in [1.165, 1.54) is 65.6 Å². The van der Waals surface area contributed by atoms with Crippen molar-refractivity contribution in [2.45, 2.75) is 62.3 Å². The monoisotopic (exact) mass is 602 g/mol. The molecule has 0 nitrogen and oxygen atoms in total. The molecule has 0 amide bonds. The third-order valence-electron chi connectivity index (χ3n) is 8.03. The molecular weight excluding hydrogens is 567 g/mol. The van der Waals surface area contributed by atoms with Crippen LogP contribution in [0.1, 0.15) is 50.1 Å². The molecule has 0 bridgehead atoms. The Morgan fingerprint density at radius 3 is 1.38 bits per heavy atom. The Labute approximate surface area is 242 Å². The first-order valence-electron chi connectivity index (χ1n) is 12.6. The number of hydrogen-bond donors (Lipinski definition) is 0. The van der Waals surface area contributed by atoms with Gasteiger partial charge in [-0.25, -0.2) is 0 Å². The molecule has 0 saturated heterocycles. The molecular formula is C32H37Cl3SiTi. The van der Waals surface area contributed by atoms with Crippen molar-refractivity contribution in [3.8, 4) is 0 Å². The van der Waals surface area contributed by atoms with Crippen LogP contribution in [0, 0.1) is 62.3 Å². The van der Waals surface area contributed by atoms with E-state index in [4.69, 9.17) is 27.9 Å². The predicted octanol–water partition coefficient (Wildman–Crippen LogP) is 7.62. The van der Waals surface area contributed by atoms with Crippen LogP contribution in [0.5, 0.6) is 0 Å². The van der Waals surface area contributed by atoms with Gasteiger partial charge in [0.05, 0.1) is 0 Å². The molecule has 0 fully saturated rings. The Kier molecular flexibility index (Phi) is 10.1. The minimum absolute atomic E-state index is 1.34. The van der Waals surface area contributed by atoms with Crippen LogP contribution < -0.4 is 20.7 Å². The number of rotatable bonds is 4.